The minimum Gasteiger partial charge on any atom is -0.316 e. The van der Waals surface area contributed by atoms with Crippen LogP contribution in [0.15, 0.2) is 24.3 Å². The average molecular weight is 303 g/mol. The largest absolute Gasteiger partial charge is 0.316 e. The van der Waals surface area contributed by atoms with Crippen molar-refractivity contribution in [2.75, 3.05) is 18.8 Å². The summed E-state index contributed by atoms with van der Waals surface area (Å²) in [7, 11) is -3.23. The Morgan fingerprint density at radius 3 is 2.95 bits per heavy atom. The maximum Gasteiger partial charge on any atom is 0.212 e. The van der Waals surface area contributed by atoms with Gasteiger partial charge in [0.05, 0.1) is 5.75 Å². The molecule has 2 N–H and O–H groups in total. The van der Waals surface area contributed by atoms with Crippen molar-refractivity contribution in [2.45, 2.75) is 19.4 Å². The highest BCUT2D eigenvalue weighted by molar-refractivity contribution is 7.89. The van der Waals surface area contributed by atoms with E-state index in [1.165, 1.54) is 0 Å². The molecule has 1 unspecified atom stereocenters. The van der Waals surface area contributed by atoms with Crippen molar-refractivity contribution in [1.82, 2.24) is 10.0 Å². The van der Waals surface area contributed by atoms with Gasteiger partial charge >= 0.3 is 0 Å². The molecule has 2 rings (SSSR count). The summed E-state index contributed by atoms with van der Waals surface area (Å²) >= 11 is 5.86. The fourth-order valence-electron chi connectivity index (χ4n) is 2.28. The van der Waals surface area contributed by atoms with Crippen LogP contribution in [-0.4, -0.2) is 27.3 Å². The van der Waals surface area contributed by atoms with Gasteiger partial charge in [0.2, 0.25) is 10.0 Å². The molecule has 1 fully saturated rings. The molecule has 0 spiro atoms. The summed E-state index contributed by atoms with van der Waals surface area (Å²) in [6.45, 7) is 2.08. The van der Waals surface area contributed by atoms with Crippen LogP contribution in [0.5, 0.6) is 0 Å². The monoisotopic (exact) mass is 302 g/mol. The molecule has 0 aliphatic carbocycles. The zero-order valence-electron chi connectivity index (χ0n) is 10.7. The zero-order chi connectivity index (χ0) is 13.7. The third kappa shape index (κ3) is 5.10. The van der Waals surface area contributed by atoms with Crippen LogP contribution in [0.3, 0.4) is 0 Å². The minimum atomic E-state index is -3.23. The first kappa shape index (κ1) is 14.8. The van der Waals surface area contributed by atoms with E-state index in [1.807, 2.05) is 12.1 Å². The molecule has 1 aromatic carbocycles. The second-order valence-electron chi connectivity index (χ2n) is 4.94. The van der Waals surface area contributed by atoms with Gasteiger partial charge in [-0.15, -0.1) is 0 Å². The van der Waals surface area contributed by atoms with Gasteiger partial charge in [-0.1, -0.05) is 23.7 Å². The van der Waals surface area contributed by atoms with E-state index < -0.39 is 10.0 Å². The summed E-state index contributed by atoms with van der Waals surface area (Å²) in [6, 6.07) is 7.22. The first-order valence-corrected chi connectivity index (χ1v) is 8.51. The van der Waals surface area contributed by atoms with Gasteiger partial charge in [0, 0.05) is 11.6 Å². The van der Waals surface area contributed by atoms with Crippen LogP contribution in [0.25, 0.3) is 0 Å². The van der Waals surface area contributed by atoms with Crippen molar-refractivity contribution in [3.8, 4) is 0 Å². The van der Waals surface area contributed by atoms with E-state index in [-0.39, 0.29) is 11.7 Å². The number of piperidine rings is 1. The van der Waals surface area contributed by atoms with Crippen molar-refractivity contribution in [3.05, 3.63) is 34.9 Å². The van der Waals surface area contributed by atoms with Crippen LogP contribution in [0, 0.1) is 5.92 Å². The van der Waals surface area contributed by atoms with E-state index in [0.29, 0.717) is 11.6 Å². The van der Waals surface area contributed by atoms with Crippen LogP contribution >= 0.6 is 11.6 Å². The maximum atomic E-state index is 12.0. The highest BCUT2D eigenvalue weighted by atomic mass is 35.5. The number of nitrogens with one attached hydrogen (secondary N) is 2. The molecule has 0 bridgehead atoms. The third-order valence-corrected chi connectivity index (χ3v) is 4.97. The Labute approximate surface area is 119 Å². The summed E-state index contributed by atoms with van der Waals surface area (Å²) in [6.07, 6.45) is 2.03. The molecule has 1 saturated heterocycles. The molecule has 0 aromatic heterocycles. The quantitative estimate of drug-likeness (QED) is 0.871. The number of halogens is 1. The SMILES string of the molecule is O=S(=O)(CC1CCCNC1)NCc1cccc(Cl)c1. The predicted molar refractivity (Wildman–Crippen MR) is 77.7 cm³/mol. The smallest absolute Gasteiger partial charge is 0.212 e. The van der Waals surface area contributed by atoms with E-state index in [0.717, 1.165) is 31.5 Å². The van der Waals surface area contributed by atoms with Gasteiger partial charge < -0.3 is 5.32 Å². The lowest BCUT2D eigenvalue weighted by molar-refractivity contribution is 0.402. The van der Waals surface area contributed by atoms with Crippen LogP contribution in [0.1, 0.15) is 18.4 Å². The van der Waals surface area contributed by atoms with Gasteiger partial charge in [-0.2, -0.15) is 0 Å². The normalized spacial score (nSPS) is 20.4. The molecule has 1 heterocycles. The second kappa shape index (κ2) is 6.70. The lowest BCUT2D eigenvalue weighted by Crippen LogP contribution is -2.37. The highest BCUT2D eigenvalue weighted by Crippen LogP contribution is 2.13. The fraction of sp³-hybridized carbons (Fsp3) is 0.538. The van der Waals surface area contributed by atoms with E-state index in [1.54, 1.807) is 12.1 Å². The summed E-state index contributed by atoms with van der Waals surface area (Å²) in [5.74, 6) is 0.409. The van der Waals surface area contributed by atoms with Crippen molar-refractivity contribution in [2.24, 2.45) is 5.92 Å². The Balaban J connectivity index is 1.86. The van der Waals surface area contributed by atoms with Crippen LogP contribution in [0.2, 0.25) is 5.02 Å². The highest BCUT2D eigenvalue weighted by Gasteiger charge is 2.20. The van der Waals surface area contributed by atoms with Crippen molar-refractivity contribution >= 4 is 21.6 Å². The van der Waals surface area contributed by atoms with Crippen LogP contribution in [0.4, 0.5) is 0 Å². The van der Waals surface area contributed by atoms with Gasteiger partial charge in [-0.3, -0.25) is 0 Å². The second-order valence-corrected chi connectivity index (χ2v) is 7.23. The van der Waals surface area contributed by atoms with E-state index >= 15 is 0 Å². The van der Waals surface area contributed by atoms with Gasteiger partial charge in [-0.25, -0.2) is 13.1 Å². The summed E-state index contributed by atoms with van der Waals surface area (Å²) in [5.41, 5.74) is 0.873. The Hall–Kier alpha value is -0.620. The molecule has 19 heavy (non-hydrogen) atoms. The molecule has 4 nitrogen and oxygen atoms in total. The molecule has 6 heteroatoms. The van der Waals surface area contributed by atoms with Crippen molar-refractivity contribution in [1.29, 1.82) is 0 Å². The molecular formula is C13H19ClN2O2S. The maximum absolute atomic E-state index is 12.0. The Kier molecular flexibility index (Phi) is 5.21. The molecule has 1 aromatic rings. The summed E-state index contributed by atoms with van der Waals surface area (Å²) in [5, 5.41) is 3.85. The van der Waals surface area contributed by atoms with E-state index in [4.69, 9.17) is 11.6 Å². The molecule has 106 valence electrons. The molecule has 1 atom stereocenters. The fourth-order valence-corrected chi connectivity index (χ4v) is 3.90. The molecule has 1 aliphatic rings. The number of benzene rings is 1. The summed E-state index contributed by atoms with van der Waals surface area (Å²) < 4.78 is 26.6. The van der Waals surface area contributed by atoms with Crippen LogP contribution in [-0.2, 0) is 16.6 Å². The number of sulfonamides is 1. The minimum absolute atomic E-state index is 0.195. The number of hydrogen-bond acceptors (Lipinski definition) is 3. The van der Waals surface area contributed by atoms with Gasteiger partial charge in [0.25, 0.3) is 0 Å². The Morgan fingerprint density at radius 1 is 1.42 bits per heavy atom. The third-order valence-electron chi connectivity index (χ3n) is 3.24. The molecule has 0 amide bonds. The topological polar surface area (TPSA) is 58.2 Å². The van der Waals surface area contributed by atoms with Gasteiger partial charge in [0.1, 0.15) is 0 Å². The van der Waals surface area contributed by atoms with Crippen LogP contribution < -0.4 is 10.0 Å². The standard InChI is InChI=1S/C13H19ClN2O2S/c14-13-5-1-3-11(7-13)9-16-19(17,18)10-12-4-2-6-15-8-12/h1,3,5,7,12,15-16H,2,4,6,8-10H2. The molecule has 0 saturated carbocycles. The predicted octanol–water partition coefficient (Wildman–Crippen LogP) is 1.76. The first-order chi connectivity index (χ1) is 9.05. The first-order valence-electron chi connectivity index (χ1n) is 6.48. The zero-order valence-corrected chi connectivity index (χ0v) is 12.3. The Bertz CT molecular complexity index is 513. The van der Waals surface area contributed by atoms with E-state index in [2.05, 4.69) is 10.0 Å². The summed E-state index contributed by atoms with van der Waals surface area (Å²) in [4.78, 5) is 0. The van der Waals surface area contributed by atoms with Gasteiger partial charge in [0.15, 0.2) is 0 Å². The van der Waals surface area contributed by atoms with Gasteiger partial charge in [-0.05, 0) is 49.5 Å². The molecule has 0 radical (unpaired) electrons. The number of hydrogen-bond donors (Lipinski definition) is 2. The molecule has 1 aliphatic heterocycles. The molecular weight excluding hydrogens is 284 g/mol. The van der Waals surface area contributed by atoms with E-state index in [9.17, 15) is 8.42 Å². The van der Waals surface area contributed by atoms with Crippen molar-refractivity contribution < 1.29 is 8.42 Å². The van der Waals surface area contributed by atoms with Crippen molar-refractivity contribution in [3.63, 3.8) is 0 Å². The average Bonchev–Trinajstić information content (AvgIpc) is 2.37. The Morgan fingerprint density at radius 2 is 2.26 bits per heavy atom. The lowest BCUT2D eigenvalue weighted by atomic mass is 10.0. The number of rotatable bonds is 5. The lowest BCUT2D eigenvalue weighted by Gasteiger charge is -2.22.